The summed E-state index contributed by atoms with van der Waals surface area (Å²) in [5.41, 5.74) is 9.62. The lowest BCUT2D eigenvalue weighted by Crippen LogP contribution is -2.10. The zero-order valence-corrected chi connectivity index (χ0v) is 29.8. The molecule has 0 aliphatic heterocycles. The van der Waals surface area contributed by atoms with Crippen molar-refractivity contribution in [2.75, 3.05) is 0 Å². The average molecular weight is 684 g/mol. The van der Waals surface area contributed by atoms with Crippen LogP contribution < -0.4 is 0 Å². The fourth-order valence-corrected chi connectivity index (χ4v) is 7.42. The number of rotatable bonds is 4. The Balaban J connectivity index is 1.38. The van der Waals surface area contributed by atoms with Crippen LogP contribution >= 0.6 is 0 Å². The third-order valence-corrected chi connectivity index (χ3v) is 10.0. The van der Waals surface area contributed by atoms with Crippen molar-refractivity contribution in [2.24, 2.45) is 0 Å². The minimum Gasteiger partial charge on any atom is -0.308 e. The first-order chi connectivity index (χ1) is 25.7. The molecule has 3 heterocycles. The van der Waals surface area contributed by atoms with E-state index in [-0.39, 0.29) is 5.41 Å². The minimum atomic E-state index is -0.0284. The maximum absolute atomic E-state index is 10.2. The van der Waals surface area contributed by atoms with Crippen molar-refractivity contribution in [3.8, 4) is 46.5 Å². The molecule has 0 spiro atoms. The van der Waals surface area contributed by atoms with Gasteiger partial charge in [0.2, 0.25) is 5.95 Å². The number of nitrogens with zero attached hydrogens (tertiary/aromatic N) is 7. The van der Waals surface area contributed by atoms with E-state index in [9.17, 15) is 10.5 Å². The van der Waals surface area contributed by atoms with Crippen molar-refractivity contribution in [3.63, 3.8) is 0 Å². The highest BCUT2D eigenvalue weighted by Gasteiger charge is 2.23. The van der Waals surface area contributed by atoms with E-state index in [4.69, 9.17) is 15.0 Å². The number of aromatic nitrogens is 5. The number of hydrogen-bond acceptors (Lipinski definition) is 5. The normalized spacial score (nSPS) is 11.7. The average Bonchev–Trinajstić information content (AvgIpc) is 3.69. The number of hydrogen-bond donors (Lipinski definition) is 0. The quantitative estimate of drug-likeness (QED) is 0.184. The molecule has 0 amide bonds. The highest BCUT2D eigenvalue weighted by Crippen LogP contribution is 2.39. The molecule has 0 unspecified atom stereocenters. The van der Waals surface area contributed by atoms with Gasteiger partial charge < -0.3 is 4.57 Å². The number of benzene rings is 6. The summed E-state index contributed by atoms with van der Waals surface area (Å²) in [6.45, 7) is 8.82. The summed E-state index contributed by atoms with van der Waals surface area (Å²) < 4.78 is 4.32. The van der Waals surface area contributed by atoms with Gasteiger partial charge in [-0.15, -0.1) is 0 Å². The van der Waals surface area contributed by atoms with Gasteiger partial charge in [0.05, 0.1) is 51.0 Å². The van der Waals surface area contributed by atoms with Crippen molar-refractivity contribution < 1.29 is 0 Å². The van der Waals surface area contributed by atoms with Crippen LogP contribution in [0.4, 0.5) is 0 Å². The summed E-state index contributed by atoms with van der Waals surface area (Å²) in [5.74, 6) is 1.27. The van der Waals surface area contributed by atoms with E-state index in [1.54, 1.807) is 12.1 Å². The van der Waals surface area contributed by atoms with Crippen molar-refractivity contribution in [1.82, 2.24) is 24.1 Å². The number of fused-ring (bicyclic) bond motifs is 6. The molecule has 9 aromatic rings. The van der Waals surface area contributed by atoms with Gasteiger partial charge in [0, 0.05) is 32.7 Å². The minimum absolute atomic E-state index is 0.0284. The zero-order valence-electron chi connectivity index (χ0n) is 29.8. The zero-order chi connectivity index (χ0) is 36.4. The van der Waals surface area contributed by atoms with Crippen LogP contribution in [0.2, 0.25) is 0 Å². The van der Waals surface area contributed by atoms with Gasteiger partial charge in [0.25, 0.3) is 0 Å². The largest absolute Gasteiger partial charge is 0.308 e. The molecule has 0 aliphatic carbocycles. The van der Waals surface area contributed by atoms with Gasteiger partial charge in [-0.25, -0.2) is 4.98 Å². The van der Waals surface area contributed by atoms with Gasteiger partial charge in [0.15, 0.2) is 11.6 Å². The molecule has 0 aliphatic rings. The number of para-hydroxylation sites is 2. The molecular formula is C46H33N7. The van der Waals surface area contributed by atoms with Crippen LogP contribution in [-0.2, 0) is 5.41 Å². The summed E-state index contributed by atoms with van der Waals surface area (Å²) >= 11 is 0. The number of aryl methyl sites for hydroxylation is 1. The van der Waals surface area contributed by atoms with E-state index in [1.807, 2.05) is 54.6 Å². The Morgan fingerprint density at radius 1 is 0.528 bits per heavy atom. The fraction of sp³-hybridized carbons (Fsp3) is 0.109. The molecule has 6 aromatic carbocycles. The van der Waals surface area contributed by atoms with Crippen LogP contribution in [0.15, 0.2) is 127 Å². The molecule has 0 saturated carbocycles. The van der Waals surface area contributed by atoms with Crippen LogP contribution in [-0.4, -0.2) is 24.1 Å². The molecule has 0 radical (unpaired) electrons. The van der Waals surface area contributed by atoms with Gasteiger partial charge in [0.1, 0.15) is 0 Å². The first-order valence-electron chi connectivity index (χ1n) is 17.6. The Kier molecular flexibility index (Phi) is 7.22. The van der Waals surface area contributed by atoms with Crippen LogP contribution in [0.1, 0.15) is 43.0 Å². The monoisotopic (exact) mass is 683 g/mol. The topological polar surface area (TPSA) is 96.1 Å². The van der Waals surface area contributed by atoms with E-state index in [0.717, 1.165) is 49.3 Å². The smallest absolute Gasteiger partial charge is 0.238 e. The molecule has 7 nitrogen and oxygen atoms in total. The van der Waals surface area contributed by atoms with E-state index in [0.29, 0.717) is 39.9 Å². The Hall–Kier alpha value is -7.09. The summed E-state index contributed by atoms with van der Waals surface area (Å²) in [5, 5.41) is 24.5. The maximum Gasteiger partial charge on any atom is 0.238 e. The Bertz CT molecular complexity index is 2980. The Morgan fingerprint density at radius 2 is 1.15 bits per heavy atom. The molecule has 0 saturated heterocycles. The second-order valence-electron chi connectivity index (χ2n) is 14.5. The molecule has 0 bridgehead atoms. The SMILES string of the molecule is Cc1ccc2c(c1)c1cc(C(C)(C)C)ccc1n2-c1ccc(C#N)cc1-c1nc(-c2cccc(C#N)c2)nc(-n2c3ccccc3c3ccccc32)n1. The van der Waals surface area contributed by atoms with Crippen LogP contribution in [0, 0.1) is 29.6 Å². The second-order valence-corrected chi connectivity index (χ2v) is 14.5. The summed E-state index contributed by atoms with van der Waals surface area (Å²) in [6.07, 6.45) is 0. The van der Waals surface area contributed by atoms with Crippen molar-refractivity contribution in [3.05, 3.63) is 150 Å². The Morgan fingerprint density at radius 3 is 1.85 bits per heavy atom. The summed E-state index contributed by atoms with van der Waals surface area (Å²) in [7, 11) is 0. The third kappa shape index (κ3) is 5.22. The highest BCUT2D eigenvalue weighted by molar-refractivity contribution is 6.11. The second kappa shape index (κ2) is 12.0. The lowest BCUT2D eigenvalue weighted by atomic mass is 9.86. The molecule has 3 aromatic heterocycles. The highest BCUT2D eigenvalue weighted by atomic mass is 15.2. The molecule has 0 atom stereocenters. The maximum atomic E-state index is 10.2. The number of nitriles is 2. The van der Waals surface area contributed by atoms with E-state index >= 15 is 0 Å². The predicted molar refractivity (Wildman–Crippen MR) is 212 cm³/mol. The summed E-state index contributed by atoms with van der Waals surface area (Å²) in [6, 6.07) is 47.3. The van der Waals surface area contributed by atoms with E-state index < -0.39 is 0 Å². The van der Waals surface area contributed by atoms with Gasteiger partial charge >= 0.3 is 0 Å². The van der Waals surface area contributed by atoms with Gasteiger partial charge in [-0.3, -0.25) is 4.57 Å². The van der Waals surface area contributed by atoms with E-state index in [2.05, 4.69) is 110 Å². The predicted octanol–water partition coefficient (Wildman–Crippen LogP) is 10.7. The van der Waals surface area contributed by atoms with Crippen LogP contribution in [0.25, 0.3) is 78.0 Å². The summed E-state index contributed by atoms with van der Waals surface area (Å²) in [4.78, 5) is 15.4. The molecule has 0 fully saturated rings. The van der Waals surface area contributed by atoms with Crippen LogP contribution in [0.5, 0.6) is 0 Å². The lowest BCUT2D eigenvalue weighted by molar-refractivity contribution is 0.591. The fourth-order valence-electron chi connectivity index (χ4n) is 7.42. The Labute approximate surface area is 306 Å². The molecule has 0 N–H and O–H groups in total. The first kappa shape index (κ1) is 31.9. The molecular weight excluding hydrogens is 651 g/mol. The molecule has 252 valence electrons. The molecule has 53 heavy (non-hydrogen) atoms. The lowest BCUT2D eigenvalue weighted by Gasteiger charge is -2.19. The third-order valence-electron chi connectivity index (χ3n) is 10.0. The standard InChI is InChI=1S/C46H33N7/c1-28-16-19-40-35(22-28)36-25-32(46(2,3)4)18-21-41(36)52(40)42-20-17-30(27-48)24-37(42)44-49-43(31-11-9-10-29(23-31)26-47)50-45(51-44)53-38-14-7-5-12-33(38)34-13-6-8-15-39(34)53/h5-25H,1-4H3. The van der Waals surface area contributed by atoms with Crippen molar-refractivity contribution >= 4 is 43.6 Å². The van der Waals surface area contributed by atoms with Gasteiger partial charge in [-0.05, 0) is 84.6 Å². The van der Waals surface area contributed by atoms with Crippen molar-refractivity contribution in [1.29, 1.82) is 10.5 Å². The van der Waals surface area contributed by atoms with Crippen LogP contribution in [0.3, 0.4) is 0 Å². The first-order valence-corrected chi connectivity index (χ1v) is 17.6. The van der Waals surface area contributed by atoms with Gasteiger partial charge in [-0.2, -0.15) is 20.5 Å². The molecule has 7 heteroatoms. The van der Waals surface area contributed by atoms with Gasteiger partial charge in [-0.1, -0.05) is 87.0 Å². The molecule has 9 rings (SSSR count). The van der Waals surface area contributed by atoms with E-state index in [1.165, 1.54) is 11.1 Å². The van der Waals surface area contributed by atoms with Crippen molar-refractivity contribution in [2.45, 2.75) is 33.1 Å².